The average Bonchev–Trinajstić information content (AvgIpc) is 3.25. The lowest BCUT2D eigenvalue weighted by Gasteiger charge is -2.27. The molecule has 2 N–H and O–H groups in total. The Morgan fingerprint density at radius 1 is 1.17 bits per heavy atom. The van der Waals surface area contributed by atoms with Crippen molar-refractivity contribution in [3.63, 3.8) is 0 Å². The van der Waals surface area contributed by atoms with Crippen molar-refractivity contribution in [2.75, 3.05) is 26.2 Å². The van der Waals surface area contributed by atoms with Crippen LogP contribution in [0.15, 0.2) is 36.4 Å². The number of carbonyl (C=O) groups is 2. The first-order valence-electron chi connectivity index (χ1n) is 13.0. The summed E-state index contributed by atoms with van der Waals surface area (Å²) in [4.78, 5) is 28.4. The number of ketones is 1. The summed E-state index contributed by atoms with van der Waals surface area (Å²) >= 11 is 0. The molecular formula is C28H37BN2O5. The van der Waals surface area contributed by atoms with Crippen LogP contribution in [0.2, 0.25) is 0 Å². The van der Waals surface area contributed by atoms with E-state index in [9.17, 15) is 14.6 Å². The molecule has 2 aromatic carbocycles. The summed E-state index contributed by atoms with van der Waals surface area (Å²) in [6.07, 6.45) is 0.669. The fraction of sp³-hybridized carbons (Fsp3) is 0.500. The number of Topliss-reactive ketones (excluding diaryl/α,β-unsaturated/α-hetero) is 1. The third kappa shape index (κ3) is 6.42. The van der Waals surface area contributed by atoms with Crippen LogP contribution >= 0.6 is 0 Å². The maximum Gasteiger partial charge on any atom is 0.492 e. The lowest BCUT2D eigenvalue weighted by atomic mass is 9.74. The van der Waals surface area contributed by atoms with Gasteiger partial charge in [-0.3, -0.25) is 14.5 Å². The Morgan fingerprint density at radius 2 is 1.92 bits per heavy atom. The number of nitrogens with one attached hydrogen (secondary N) is 1. The van der Waals surface area contributed by atoms with Gasteiger partial charge in [-0.1, -0.05) is 50.2 Å². The van der Waals surface area contributed by atoms with E-state index in [0.29, 0.717) is 24.1 Å². The lowest BCUT2D eigenvalue weighted by molar-refractivity contribution is -0.151. The van der Waals surface area contributed by atoms with Crippen LogP contribution in [-0.2, 0) is 33.9 Å². The largest absolute Gasteiger partial charge is 0.492 e. The minimum atomic E-state index is -0.985. The number of rotatable bonds is 10. The van der Waals surface area contributed by atoms with Crippen molar-refractivity contribution < 1.29 is 24.0 Å². The van der Waals surface area contributed by atoms with Gasteiger partial charge in [0.05, 0.1) is 12.5 Å². The summed E-state index contributed by atoms with van der Waals surface area (Å²) in [5.74, 6) is -0.601. The smallest absolute Gasteiger partial charge is 0.461 e. The molecule has 4 rings (SSSR count). The number of fused-ring (bicyclic) bond motifs is 1. The molecule has 8 heteroatoms. The van der Waals surface area contributed by atoms with Crippen LogP contribution < -0.4 is 10.8 Å². The van der Waals surface area contributed by atoms with Gasteiger partial charge in [-0.15, -0.1) is 0 Å². The van der Waals surface area contributed by atoms with Crippen LogP contribution in [0, 0.1) is 18.8 Å². The second kappa shape index (κ2) is 12.1. The van der Waals surface area contributed by atoms with Crippen molar-refractivity contribution in [2.24, 2.45) is 11.8 Å². The Bertz CT molecular complexity index is 1080. The summed E-state index contributed by atoms with van der Waals surface area (Å²) in [5, 5.41) is 13.5. The molecule has 1 atom stereocenters. The van der Waals surface area contributed by atoms with Gasteiger partial charge in [0, 0.05) is 44.7 Å². The number of benzene rings is 2. The highest BCUT2D eigenvalue weighted by molar-refractivity contribution is 6.62. The standard InChI is InChI=1S/C28H37BN2O5/c1-19(2)24(9-10-26(32)25-8-7-23-18-36-29(34)27(23)20(25)3)28(33)35-17-22-6-4-5-21(15-22)16-31-13-11-30-12-14-31/h4-8,15,19,24,30,34H,9-14,16-18H2,1-3H3/t24-/m0/s1. The van der Waals surface area contributed by atoms with Gasteiger partial charge in [-0.25, -0.2) is 0 Å². The number of nitrogens with zero attached hydrogens (tertiary/aromatic N) is 1. The highest BCUT2D eigenvalue weighted by atomic mass is 16.5. The predicted molar refractivity (Wildman–Crippen MR) is 140 cm³/mol. The van der Waals surface area contributed by atoms with Crippen molar-refractivity contribution in [1.29, 1.82) is 0 Å². The van der Waals surface area contributed by atoms with Gasteiger partial charge in [-0.05, 0) is 47.0 Å². The molecule has 192 valence electrons. The van der Waals surface area contributed by atoms with E-state index in [0.717, 1.165) is 49.4 Å². The molecule has 36 heavy (non-hydrogen) atoms. The van der Waals surface area contributed by atoms with Crippen LogP contribution in [0.3, 0.4) is 0 Å². The Morgan fingerprint density at radius 3 is 2.67 bits per heavy atom. The zero-order chi connectivity index (χ0) is 25.7. The van der Waals surface area contributed by atoms with Gasteiger partial charge in [0.25, 0.3) is 0 Å². The van der Waals surface area contributed by atoms with Gasteiger partial charge in [0.2, 0.25) is 0 Å². The molecule has 0 bridgehead atoms. The zero-order valence-electron chi connectivity index (χ0n) is 21.6. The van der Waals surface area contributed by atoms with Crippen molar-refractivity contribution >= 4 is 24.3 Å². The fourth-order valence-electron chi connectivity index (χ4n) is 5.16. The van der Waals surface area contributed by atoms with Gasteiger partial charge in [0.1, 0.15) is 6.61 Å². The summed E-state index contributed by atoms with van der Waals surface area (Å²) in [7, 11) is -0.985. The summed E-state index contributed by atoms with van der Waals surface area (Å²) in [6.45, 7) is 11.4. The topological polar surface area (TPSA) is 88.1 Å². The fourth-order valence-corrected chi connectivity index (χ4v) is 5.16. The summed E-state index contributed by atoms with van der Waals surface area (Å²) in [5.41, 5.74) is 5.14. The number of piperazine rings is 1. The minimum Gasteiger partial charge on any atom is -0.461 e. The molecule has 2 aromatic rings. The monoisotopic (exact) mass is 492 g/mol. The van der Waals surface area contributed by atoms with Gasteiger partial charge < -0.3 is 19.7 Å². The van der Waals surface area contributed by atoms with Gasteiger partial charge in [0.15, 0.2) is 5.78 Å². The van der Waals surface area contributed by atoms with E-state index in [-0.39, 0.29) is 36.6 Å². The van der Waals surface area contributed by atoms with Crippen molar-refractivity contribution in [3.8, 4) is 0 Å². The quantitative estimate of drug-likeness (QED) is 0.300. The van der Waals surface area contributed by atoms with Crippen molar-refractivity contribution in [1.82, 2.24) is 10.2 Å². The SMILES string of the molecule is Cc1c(C(=O)CC[C@H](C(=O)OCc2cccc(CN3CCNCC3)c2)C(C)C)ccc2c1B(O)OC2. The molecule has 0 aromatic heterocycles. The Labute approximate surface area is 214 Å². The van der Waals surface area contributed by atoms with E-state index in [1.165, 1.54) is 5.56 Å². The average molecular weight is 492 g/mol. The van der Waals surface area contributed by atoms with E-state index >= 15 is 0 Å². The number of ether oxygens (including phenoxy) is 1. The van der Waals surface area contributed by atoms with Crippen molar-refractivity contribution in [2.45, 2.75) is 53.4 Å². The zero-order valence-corrected chi connectivity index (χ0v) is 21.6. The number of hydrogen-bond acceptors (Lipinski definition) is 7. The van der Waals surface area contributed by atoms with Crippen LogP contribution in [0.4, 0.5) is 0 Å². The van der Waals surface area contributed by atoms with Crippen molar-refractivity contribution in [3.05, 3.63) is 64.2 Å². The van der Waals surface area contributed by atoms with Crippen LogP contribution in [-0.4, -0.2) is 55.0 Å². The lowest BCUT2D eigenvalue weighted by Crippen LogP contribution is -2.42. The molecule has 2 aliphatic heterocycles. The molecule has 7 nitrogen and oxygen atoms in total. The molecule has 0 aliphatic carbocycles. The number of esters is 1. The van der Waals surface area contributed by atoms with E-state index in [1.54, 1.807) is 6.07 Å². The highest BCUT2D eigenvalue weighted by Crippen LogP contribution is 2.23. The molecule has 2 heterocycles. The third-order valence-corrected chi connectivity index (χ3v) is 7.33. The second-order valence-electron chi connectivity index (χ2n) is 10.2. The number of carbonyl (C=O) groups excluding carboxylic acids is 2. The molecular weight excluding hydrogens is 455 g/mol. The highest BCUT2D eigenvalue weighted by Gasteiger charge is 2.31. The minimum absolute atomic E-state index is 0.0338. The molecule has 0 spiro atoms. The van der Waals surface area contributed by atoms with E-state index in [2.05, 4.69) is 22.3 Å². The van der Waals surface area contributed by atoms with E-state index < -0.39 is 7.12 Å². The normalized spacial score (nSPS) is 16.8. The molecule has 0 radical (unpaired) electrons. The number of hydrogen-bond donors (Lipinski definition) is 2. The van der Waals surface area contributed by atoms with E-state index in [4.69, 9.17) is 9.39 Å². The second-order valence-corrected chi connectivity index (χ2v) is 10.2. The summed E-state index contributed by atoms with van der Waals surface area (Å²) in [6, 6.07) is 11.9. The Kier molecular flexibility index (Phi) is 8.96. The predicted octanol–water partition coefficient (Wildman–Crippen LogP) is 2.60. The Hall–Kier alpha value is -2.52. The van der Waals surface area contributed by atoms with Crippen LogP contribution in [0.5, 0.6) is 0 Å². The molecule has 2 aliphatic rings. The maximum atomic E-state index is 13.0. The molecule has 1 fully saturated rings. The van der Waals surface area contributed by atoms with Crippen LogP contribution in [0.1, 0.15) is 59.3 Å². The molecule has 0 unspecified atom stereocenters. The van der Waals surface area contributed by atoms with Gasteiger partial charge in [-0.2, -0.15) is 0 Å². The first-order valence-corrected chi connectivity index (χ1v) is 13.0. The summed E-state index contributed by atoms with van der Waals surface area (Å²) < 4.78 is 11.0. The first kappa shape index (κ1) is 26.5. The van der Waals surface area contributed by atoms with Crippen LogP contribution in [0.25, 0.3) is 0 Å². The molecule has 1 saturated heterocycles. The first-order chi connectivity index (χ1) is 17.3. The third-order valence-electron chi connectivity index (χ3n) is 7.33. The van der Waals surface area contributed by atoms with E-state index in [1.807, 2.05) is 39.0 Å². The molecule has 0 amide bonds. The maximum absolute atomic E-state index is 13.0. The Balaban J connectivity index is 1.32. The molecule has 0 saturated carbocycles. The van der Waals surface area contributed by atoms with Gasteiger partial charge >= 0.3 is 13.1 Å².